The second kappa shape index (κ2) is 9.84. The zero-order chi connectivity index (χ0) is 18.2. The van der Waals surface area contributed by atoms with Gasteiger partial charge in [0.2, 0.25) is 5.91 Å². The van der Waals surface area contributed by atoms with Crippen molar-refractivity contribution in [3.05, 3.63) is 40.8 Å². The van der Waals surface area contributed by atoms with Gasteiger partial charge in [-0.25, -0.2) is 0 Å². The number of nitrogens with zero attached hydrogens (tertiary/aromatic N) is 3. The lowest BCUT2D eigenvalue weighted by Gasteiger charge is -2.06. The molecule has 1 N–H and O–H groups in total. The number of furan rings is 1. The van der Waals surface area contributed by atoms with Crippen LogP contribution in [0.15, 0.2) is 45.5 Å². The topological polar surface area (TPSA) is 73.0 Å². The predicted octanol–water partition coefficient (Wildman–Crippen LogP) is 3.76. The molecule has 3 aromatic heterocycles. The van der Waals surface area contributed by atoms with Crippen LogP contribution >= 0.6 is 34.9 Å². The minimum absolute atomic E-state index is 0.0110. The molecule has 0 aromatic carbocycles. The van der Waals surface area contributed by atoms with Gasteiger partial charge in [0.05, 0.1) is 12.0 Å². The third kappa shape index (κ3) is 5.15. The predicted molar refractivity (Wildman–Crippen MR) is 108 cm³/mol. The average Bonchev–Trinajstić information content (AvgIpc) is 3.39. The van der Waals surface area contributed by atoms with Gasteiger partial charge in [0.1, 0.15) is 0 Å². The van der Waals surface area contributed by atoms with E-state index in [9.17, 15) is 4.79 Å². The number of carbonyl (C=O) groups is 1. The molecule has 3 aromatic rings. The first kappa shape index (κ1) is 19.1. The largest absolute Gasteiger partial charge is 0.461 e. The van der Waals surface area contributed by atoms with Crippen LogP contribution in [0.2, 0.25) is 0 Å². The fraction of sp³-hybridized carbons (Fsp3) is 0.353. The maximum Gasteiger partial charge on any atom is 0.230 e. The minimum atomic E-state index is 0.0110. The maximum absolute atomic E-state index is 12.0. The highest BCUT2D eigenvalue weighted by molar-refractivity contribution is 7.99. The molecule has 0 saturated carbocycles. The number of carbonyl (C=O) groups excluding carboxylic acids is 1. The van der Waals surface area contributed by atoms with Crippen LogP contribution in [0.4, 0.5) is 0 Å². The van der Waals surface area contributed by atoms with Crippen molar-refractivity contribution < 1.29 is 9.21 Å². The van der Waals surface area contributed by atoms with Crippen LogP contribution in [0.3, 0.4) is 0 Å². The molecule has 0 atom stereocenters. The van der Waals surface area contributed by atoms with E-state index in [0.29, 0.717) is 30.4 Å². The Kier molecular flexibility index (Phi) is 7.22. The normalized spacial score (nSPS) is 11.0. The van der Waals surface area contributed by atoms with Crippen molar-refractivity contribution in [1.29, 1.82) is 0 Å². The van der Waals surface area contributed by atoms with Crippen molar-refractivity contribution >= 4 is 40.8 Å². The zero-order valence-electron chi connectivity index (χ0n) is 14.4. The number of rotatable bonds is 10. The van der Waals surface area contributed by atoms with E-state index in [0.717, 1.165) is 16.7 Å². The molecular weight excluding hydrogens is 388 g/mol. The maximum atomic E-state index is 12.0. The van der Waals surface area contributed by atoms with Crippen molar-refractivity contribution in [3.8, 4) is 11.6 Å². The van der Waals surface area contributed by atoms with Gasteiger partial charge in [-0.05, 0) is 30.5 Å². The Bertz CT molecular complexity index is 800. The van der Waals surface area contributed by atoms with E-state index in [1.54, 1.807) is 17.6 Å². The molecule has 0 saturated heterocycles. The zero-order valence-corrected chi connectivity index (χ0v) is 16.8. The number of amides is 1. The molecule has 3 rings (SSSR count). The van der Waals surface area contributed by atoms with Crippen molar-refractivity contribution in [1.82, 2.24) is 20.1 Å². The second-order valence-electron chi connectivity index (χ2n) is 5.30. The van der Waals surface area contributed by atoms with E-state index in [-0.39, 0.29) is 5.91 Å². The first-order valence-corrected chi connectivity index (χ1v) is 11.3. The highest BCUT2D eigenvalue weighted by Crippen LogP contribution is 2.24. The van der Waals surface area contributed by atoms with Gasteiger partial charge in [-0.15, -0.1) is 21.5 Å². The number of thiophene rings is 1. The highest BCUT2D eigenvalue weighted by Gasteiger charge is 2.16. The molecule has 0 aliphatic heterocycles. The summed E-state index contributed by atoms with van der Waals surface area (Å²) in [7, 11) is 0. The van der Waals surface area contributed by atoms with Crippen LogP contribution < -0.4 is 5.32 Å². The molecule has 9 heteroatoms. The summed E-state index contributed by atoms with van der Waals surface area (Å²) in [5, 5.41) is 14.1. The average molecular weight is 409 g/mol. The Morgan fingerprint density at radius 3 is 3.00 bits per heavy atom. The summed E-state index contributed by atoms with van der Waals surface area (Å²) in [6.07, 6.45) is 1.61. The molecule has 0 radical (unpaired) electrons. The number of hydrogen-bond acceptors (Lipinski definition) is 7. The summed E-state index contributed by atoms with van der Waals surface area (Å²) >= 11 is 4.98. The molecule has 0 fully saturated rings. The lowest BCUT2D eigenvalue weighted by Crippen LogP contribution is -2.27. The second-order valence-corrected chi connectivity index (χ2v) is 8.38. The molecule has 6 nitrogen and oxygen atoms in total. The lowest BCUT2D eigenvalue weighted by molar-refractivity contribution is -0.118. The van der Waals surface area contributed by atoms with E-state index in [2.05, 4.69) is 33.0 Å². The molecule has 0 spiro atoms. The van der Waals surface area contributed by atoms with Gasteiger partial charge in [-0.2, -0.15) is 11.8 Å². The molecule has 3 heterocycles. The summed E-state index contributed by atoms with van der Waals surface area (Å²) in [4.78, 5) is 13.4. The summed E-state index contributed by atoms with van der Waals surface area (Å²) in [6.45, 7) is 3.41. The highest BCUT2D eigenvalue weighted by atomic mass is 32.2. The first-order chi connectivity index (χ1) is 12.8. The van der Waals surface area contributed by atoms with Crippen molar-refractivity contribution in [2.24, 2.45) is 0 Å². The number of hydrogen-bond donors (Lipinski definition) is 1. The smallest absolute Gasteiger partial charge is 0.230 e. The van der Waals surface area contributed by atoms with Gasteiger partial charge in [-0.1, -0.05) is 17.8 Å². The Morgan fingerprint density at radius 2 is 2.27 bits per heavy atom. The molecule has 0 aliphatic rings. The quantitative estimate of drug-likeness (QED) is 0.407. The Morgan fingerprint density at radius 1 is 1.35 bits per heavy atom. The Labute approximate surface area is 164 Å². The molecule has 0 bridgehead atoms. The minimum Gasteiger partial charge on any atom is -0.461 e. The lowest BCUT2D eigenvalue weighted by atomic mass is 10.4. The molecule has 1 amide bonds. The summed E-state index contributed by atoms with van der Waals surface area (Å²) in [5.74, 6) is 3.60. The van der Waals surface area contributed by atoms with Gasteiger partial charge in [-0.3, -0.25) is 9.36 Å². The molecule has 0 aliphatic carbocycles. The van der Waals surface area contributed by atoms with Gasteiger partial charge >= 0.3 is 0 Å². The summed E-state index contributed by atoms with van der Waals surface area (Å²) in [5.41, 5.74) is 0. The van der Waals surface area contributed by atoms with E-state index >= 15 is 0 Å². The fourth-order valence-electron chi connectivity index (χ4n) is 2.28. The number of aromatic nitrogens is 3. The van der Waals surface area contributed by atoms with Crippen molar-refractivity contribution in [3.63, 3.8) is 0 Å². The van der Waals surface area contributed by atoms with E-state index < -0.39 is 0 Å². The van der Waals surface area contributed by atoms with E-state index in [1.165, 1.54) is 16.6 Å². The van der Waals surface area contributed by atoms with Gasteiger partial charge < -0.3 is 9.73 Å². The SMILES string of the molecule is CCn1c(SCC(=O)NCCSCc2cccs2)nnc1-c1ccco1. The fourth-order valence-corrected chi connectivity index (χ4v) is 4.81. The molecule has 26 heavy (non-hydrogen) atoms. The number of nitrogens with one attached hydrogen (secondary N) is 1. The van der Waals surface area contributed by atoms with Gasteiger partial charge in [0.15, 0.2) is 16.7 Å². The van der Waals surface area contributed by atoms with Crippen molar-refractivity contribution in [2.75, 3.05) is 18.1 Å². The molecular formula is C17H20N4O2S3. The number of thioether (sulfide) groups is 2. The van der Waals surface area contributed by atoms with Gasteiger partial charge in [0, 0.05) is 29.5 Å². The van der Waals surface area contributed by atoms with Gasteiger partial charge in [0.25, 0.3) is 0 Å². The monoisotopic (exact) mass is 408 g/mol. The van der Waals surface area contributed by atoms with E-state index in [4.69, 9.17) is 4.42 Å². The molecule has 0 unspecified atom stereocenters. The van der Waals surface area contributed by atoms with Crippen LogP contribution in [0, 0.1) is 0 Å². The first-order valence-electron chi connectivity index (χ1n) is 8.24. The Hall–Kier alpha value is -1.71. The third-order valence-corrected chi connectivity index (χ3v) is 6.53. The third-order valence-electron chi connectivity index (χ3n) is 3.50. The van der Waals surface area contributed by atoms with Crippen LogP contribution in [-0.4, -0.2) is 38.7 Å². The van der Waals surface area contributed by atoms with Crippen LogP contribution in [0.25, 0.3) is 11.6 Å². The molecule has 138 valence electrons. The standard InChI is InChI=1S/C17H20N4O2S3/c1-2-21-16(14-6-3-8-23-14)19-20-17(21)26-12-15(22)18-7-10-24-11-13-5-4-9-25-13/h3-6,8-9H,2,7,10-12H2,1H3,(H,18,22). The van der Waals surface area contributed by atoms with E-state index in [1.807, 2.05) is 35.4 Å². The summed E-state index contributed by atoms with van der Waals surface area (Å²) < 4.78 is 7.34. The van der Waals surface area contributed by atoms with Crippen molar-refractivity contribution in [2.45, 2.75) is 24.4 Å². The summed E-state index contributed by atoms with van der Waals surface area (Å²) in [6, 6.07) is 7.87. The van der Waals surface area contributed by atoms with Crippen LogP contribution in [0.5, 0.6) is 0 Å². The Balaban J connectivity index is 1.40. The van der Waals surface area contributed by atoms with Crippen LogP contribution in [-0.2, 0) is 17.1 Å². The van der Waals surface area contributed by atoms with Crippen LogP contribution in [0.1, 0.15) is 11.8 Å².